The summed E-state index contributed by atoms with van der Waals surface area (Å²) in [5.41, 5.74) is 7.18. The first-order valence-electron chi connectivity index (χ1n) is 12.8. The first-order chi connectivity index (χ1) is 18.1. The number of hydrogen-bond acceptors (Lipinski definition) is 4. The van der Waals surface area contributed by atoms with Crippen LogP contribution in [0.2, 0.25) is 0 Å². The normalized spacial score (nSPS) is 11.7. The molecule has 198 valence electrons. The van der Waals surface area contributed by atoms with E-state index in [1.165, 1.54) is 5.56 Å². The standard InChI is InChI=1S/C33H30N3OS.Pt/c1-19-10-12-23-24-13-11-22(17-28(24)36(27(23)15-19)30-16-20(2)14-21(3)34-30)37-31-18-26(33(4,5)6)25-8-7-9-29(38)32(25)35-31;/h7-16,18,38H,1-6H3;/q-1;+2/p-1. The number of aromatic nitrogens is 3. The molecule has 6 aromatic rings. The first-order valence-corrected chi connectivity index (χ1v) is 13.2. The maximum Gasteiger partial charge on any atom is 2.00 e. The van der Waals surface area contributed by atoms with E-state index in [1.54, 1.807) is 0 Å². The quantitative estimate of drug-likeness (QED) is 0.137. The van der Waals surface area contributed by atoms with Crippen LogP contribution >= 0.6 is 0 Å². The smallest absolute Gasteiger partial charge is 0.778 e. The molecule has 3 aromatic carbocycles. The second-order valence-corrected chi connectivity index (χ2v) is 11.5. The Morgan fingerprint density at radius 1 is 0.821 bits per heavy atom. The van der Waals surface area contributed by atoms with Crippen LogP contribution in [0.4, 0.5) is 0 Å². The molecule has 0 N–H and O–H groups in total. The van der Waals surface area contributed by atoms with Gasteiger partial charge in [-0.15, -0.1) is 22.4 Å². The molecule has 0 amide bonds. The third-order valence-corrected chi connectivity index (χ3v) is 7.25. The van der Waals surface area contributed by atoms with Gasteiger partial charge in [-0.05, 0) is 66.5 Å². The van der Waals surface area contributed by atoms with Crippen molar-refractivity contribution in [3.8, 4) is 17.4 Å². The van der Waals surface area contributed by atoms with Crippen molar-refractivity contribution in [3.63, 3.8) is 0 Å². The fourth-order valence-electron chi connectivity index (χ4n) is 5.25. The van der Waals surface area contributed by atoms with Crippen LogP contribution in [-0.4, -0.2) is 14.5 Å². The largest absolute Gasteiger partial charge is 2.00 e. The fourth-order valence-corrected chi connectivity index (χ4v) is 5.48. The van der Waals surface area contributed by atoms with E-state index < -0.39 is 0 Å². The molecule has 3 aromatic heterocycles. The van der Waals surface area contributed by atoms with Crippen LogP contribution in [0.3, 0.4) is 0 Å². The SMILES string of the molecule is Cc1cc(C)nc(-n2c3[c-]c(Oc4cc(C(C)(C)C)c5cccc([S-])c5n4)ccc3c3ccc(C)cc32)c1.[Pt+2]. The number of aryl methyl sites for hydroxylation is 3. The number of fused-ring (bicyclic) bond motifs is 4. The zero-order chi connectivity index (χ0) is 26.8. The first kappa shape index (κ1) is 27.3. The van der Waals surface area contributed by atoms with Gasteiger partial charge in [-0.25, -0.2) is 9.97 Å². The van der Waals surface area contributed by atoms with Crippen molar-refractivity contribution in [2.45, 2.75) is 51.9 Å². The van der Waals surface area contributed by atoms with Crippen molar-refractivity contribution in [2.75, 3.05) is 0 Å². The molecule has 0 atom stereocenters. The van der Waals surface area contributed by atoms with Crippen molar-refractivity contribution in [2.24, 2.45) is 0 Å². The van der Waals surface area contributed by atoms with Gasteiger partial charge < -0.3 is 21.9 Å². The third-order valence-electron chi connectivity index (χ3n) is 6.92. The Labute approximate surface area is 249 Å². The molecular weight excluding hydrogens is 682 g/mol. The summed E-state index contributed by atoms with van der Waals surface area (Å²) in [5.74, 6) is 1.98. The van der Waals surface area contributed by atoms with Gasteiger partial charge in [0.25, 0.3) is 0 Å². The van der Waals surface area contributed by atoms with Gasteiger partial charge in [0.2, 0.25) is 5.88 Å². The van der Waals surface area contributed by atoms with Crippen molar-refractivity contribution >= 4 is 45.3 Å². The summed E-state index contributed by atoms with van der Waals surface area (Å²) in [6.45, 7) is 12.8. The van der Waals surface area contributed by atoms with Crippen LogP contribution in [0.15, 0.2) is 71.6 Å². The van der Waals surface area contributed by atoms with Crippen LogP contribution in [0.1, 0.15) is 43.2 Å². The number of hydrogen-bond donors (Lipinski definition) is 0. The topological polar surface area (TPSA) is 39.9 Å². The minimum absolute atomic E-state index is 0. The summed E-state index contributed by atoms with van der Waals surface area (Å²) in [5, 5.41) is 3.32. The molecule has 6 rings (SSSR count). The molecular formula is C33H29N3OPtS. The molecule has 4 nitrogen and oxygen atoms in total. The van der Waals surface area contributed by atoms with Gasteiger partial charge >= 0.3 is 21.1 Å². The summed E-state index contributed by atoms with van der Waals surface area (Å²) in [6.07, 6.45) is 0. The number of para-hydroxylation sites is 1. The molecule has 0 bridgehead atoms. The molecule has 0 radical (unpaired) electrons. The third kappa shape index (κ3) is 4.95. The molecule has 6 heteroatoms. The Balaban J connectivity index is 0.00000308. The van der Waals surface area contributed by atoms with Crippen LogP contribution < -0.4 is 4.74 Å². The van der Waals surface area contributed by atoms with E-state index in [-0.39, 0.29) is 26.5 Å². The predicted molar refractivity (Wildman–Crippen MR) is 158 cm³/mol. The van der Waals surface area contributed by atoms with Crippen molar-refractivity contribution in [3.05, 3.63) is 95.2 Å². The number of nitrogens with zero attached hydrogens (tertiary/aromatic N) is 3. The van der Waals surface area contributed by atoms with Gasteiger partial charge in [0.05, 0.1) is 5.52 Å². The molecule has 0 saturated carbocycles. The van der Waals surface area contributed by atoms with Crippen molar-refractivity contribution in [1.82, 2.24) is 14.5 Å². The molecule has 0 saturated heterocycles. The summed E-state index contributed by atoms with van der Waals surface area (Å²) < 4.78 is 8.58. The zero-order valence-electron chi connectivity index (χ0n) is 22.8. The summed E-state index contributed by atoms with van der Waals surface area (Å²) >= 11 is 5.63. The fraction of sp³-hybridized carbons (Fsp3) is 0.212. The number of benzene rings is 3. The van der Waals surface area contributed by atoms with E-state index in [4.69, 9.17) is 27.3 Å². The molecule has 39 heavy (non-hydrogen) atoms. The monoisotopic (exact) mass is 710 g/mol. The second kappa shape index (κ2) is 10.0. The summed E-state index contributed by atoms with van der Waals surface area (Å²) in [4.78, 5) is 10.4. The minimum atomic E-state index is -0.102. The molecule has 0 unspecified atom stereocenters. The predicted octanol–water partition coefficient (Wildman–Crippen LogP) is 8.45. The van der Waals surface area contributed by atoms with Crippen molar-refractivity contribution in [1.29, 1.82) is 0 Å². The Kier molecular flexibility index (Phi) is 7.03. The van der Waals surface area contributed by atoms with Crippen LogP contribution in [-0.2, 0) is 39.1 Å². The molecule has 0 fully saturated rings. The van der Waals surface area contributed by atoms with Crippen LogP contribution in [0.25, 0.3) is 38.5 Å². The van der Waals surface area contributed by atoms with Gasteiger partial charge in [-0.1, -0.05) is 56.6 Å². The Morgan fingerprint density at radius 2 is 1.59 bits per heavy atom. The van der Waals surface area contributed by atoms with E-state index in [0.29, 0.717) is 16.5 Å². The number of pyridine rings is 2. The molecule has 0 spiro atoms. The summed E-state index contributed by atoms with van der Waals surface area (Å²) in [6, 6.07) is 26.3. The molecule has 3 heterocycles. The van der Waals surface area contributed by atoms with E-state index in [1.807, 2.05) is 31.2 Å². The number of ether oxygens (including phenoxy) is 1. The Morgan fingerprint density at radius 3 is 2.33 bits per heavy atom. The molecule has 0 aliphatic rings. The molecule has 0 aliphatic heterocycles. The van der Waals surface area contributed by atoms with E-state index >= 15 is 0 Å². The van der Waals surface area contributed by atoms with Gasteiger partial charge in [-0.3, -0.25) is 0 Å². The average Bonchev–Trinajstić information content (AvgIpc) is 3.15. The van der Waals surface area contributed by atoms with Crippen LogP contribution in [0.5, 0.6) is 11.6 Å². The van der Waals surface area contributed by atoms with Crippen molar-refractivity contribution < 1.29 is 25.8 Å². The van der Waals surface area contributed by atoms with E-state index in [9.17, 15) is 0 Å². The van der Waals surface area contributed by atoms with E-state index in [0.717, 1.165) is 55.3 Å². The number of rotatable bonds is 3. The zero-order valence-corrected chi connectivity index (χ0v) is 25.9. The van der Waals surface area contributed by atoms with E-state index in [2.05, 4.69) is 87.7 Å². The van der Waals surface area contributed by atoms with Gasteiger partial charge in [0.1, 0.15) is 5.82 Å². The Bertz CT molecular complexity index is 1860. The summed E-state index contributed by atoms with van der Waals surface area (Å²) in [7, 11) is 0. The Hall–Kier alpha value is -3.27. The maximum absolute atomic E-state index is 6.40. The second-order valence-electron chi connectivity index (χ2n) is 11.1. The maximum atomic E-state index is 6.40. The average molecular weight is 711 g/mol. The molecule has 0 aliphatic carbocycles. The van der Waals surface area contributed by atoms with Gasteiger partial charge in [0, 0.05) is 28.4 Å². The minimum Gasteiger partial charge on any atom is -0.778 e. The van der Waals surface area contributed by atoms with Gasteiger partial charge in [-0.2, -0.15) is 6.07 Å². The van der Waals surface area contributed by atoms with Gasteiger partial charge in [0.15, 0.2) is 0 Å². The van der Waals surface area contributed by atoms with Crippen LogP contribution in [0, 0.1) is 26.8 Å².